The van der Waals surface area contributed by atoms with Gasteiger partial charge in [-0.2, -0.15) is 0 Å². The van der Waals surface area contributed by atoms with Crippen LogP contribution in [0.3, 0.4) is 0 Å². The quantitative estimate of drug-likeness (QED) is 0.709. The molecule has 1 aromatic carbocycles. The molecule has 0 bridgehead atoms. The van der Waals surface area contributed by atoms with E-state index in [1.807, 2.05) is 0 Å². The molecule has 2 heteroatoms. The highest BCUT2D eigenvalue weighted by Gasteiger charge is 2.17. The molecular formula is C16H26O2. The van der Waals surface area contributed by atoms with E-state index in [2.05, 4.69) is 45.0 Å². The van der Waals surface area contributed by atoms with Crippen molar-refractivity contribution in [3.05, 3.63) is 29.8 Å². The number of aliphatic hydroxyl groups excluding tert-OH is 1. The van der Waals surface area contributed by atoms with Gasteiger partial charge in [0.05, 0.1) is 6.61 Å². The molecule has 0 aliphatic rings. The summed E-state index contributed by atoms with van der Waals surface area (Å²) in [6.45, 7) is 7.75. The standard InChI is InChI=1S/C16H26O2/c1-4-16(2,3)14-8-10-15(11-9-14)18-13-7-5-6-12-17/h8-11,17H,4-7,12-13H2,1-3H3. The third kappa shape index (κ3) is 4.69. The first-order valence-electron chi connectivity index (χ1n) is 6.94. The Morgan fingerprint density at radius 1 is 1.06 bits per heavy atom. The lowest BCUT2D eigenvalue weighted by molar-refractivity contribution is 0.266. The predicted molar refractivity (Wildman–Crippen MR) is 76.2 cm³/mol. The Kier molecular flexibility index (Phi) is 6.20. The molecule has 1 rings (SSSR count). The lowest BCUT2D eigenvalue weighted by atomic mass is 9.82. The van der Waals surface area contributed by atoms with Gasteiger partial charge in [-0.25, -0.2) is 0 Å². The number of hydrogen-bond acceptors (Lipinski definition) is 2. The fraction of sp³-hybridized carbons (Fsp3) is 0.625. The molecule has 0 spiro atoms. The van der Waals surface area contributed by atoms with Crippen LogP contribution < -0.4 is 4.74 Å². The van der Waals surface area contributed by atoms with Crippen molar-refractivity contribution < 1.29 is 9.84 Å². The maximum atomic E-state index is 8.67. The van der Waals surface area contributed by atoms with Crippen LogP contribution in [0.1, 0.15) is 52.0 Å². The van der Waals surface area contributed by atoms with E-state index in [1.165, 1.54) is 5.56 Å². The van der Waals surface area contributed by atoms with Crippen molar-refractivity contribution >= 4 is 0 Å². The first-order chi connectivity index (χ1) is 8.60. The first-order valence-corrected chi connectivity index (χ1v) is 6.94. The van der Waals surface area contributed by atoms with Crippen LogP contribution in [0.4, 0.5) is 0 Å². The van der Waals surface area contributed by atoms with E-state index in [0.29, 0.717) is 0 Å². The molecule has 0 aliphatic heterocycles. The summed E-state index contributed by atoms with van der Waals surface area (Å²) in [5.41, 5.74) is 1.59. The largest absolute Gasteiger partial charge is 0.494 e. The maximum absolute atomic E-state index is 8.67. The highest BCUT2D eigenvalue weighted by Crippen LogP contribution is 2.28. The molecule has 0 fully saturated rings. The van der Waals surface area contributed by atoms with Crippen LogP contribution in [0.2, 0.25) is 0 Å². The number of rotatable bonds is 8. The molecule has 102 valence electrons. The average Bonchev–Trinajstić information content (AvgIpc) is 2.39. The molecule has 0 aliphatic carbocycles. The minimum Gasteiger partial charge on any atom is -0.494 e. The second-order valence-electron chi connectivity index (χ2n) is 5.39. The molecule has 1 N–H and O–H groups in total. The van der Waals surface area contributed by atoms with Gasteiger partial charge in [-0.1, -0.05) is 32.9 Å². The van der Waals surface area contributed by atoms with Crippen molar-refractivity contribution in [3.8, 4) is 5.75 Å². The van der Waals surface area contributed by atoms with E-state index in [0.717, 1.165) is 38.0 Å². The molecule has 1 aromatic rings. The molecule has 0 atom stereocenters. The Labute approximate surface area is 111 Å². The first kappa shape index (κ1) is 15.0. The molecule has 0 saturated carbocycles. The van der Waals surface area contributed by atoms with Gasteiger partial charge in [0.1, 0.15) is 5.75 Å². The number of ether oxygens (including phenoxy) is 1. The molecule has 0 radical (unpaired) electrons. The van der Waals surface area contributed by atoms with Gasteiger partial charge in [-0.15, -0.1) is 0 Å². The van der Waals surface area contributed by atoms with Gasteiger partial charge in [0, 0.05) is 6.61 Å². The smallest absolute Gasteiger partial charge is 0.119 e. The van der Waals surface area contributed by atoms with Crippen LogP contribution in [-0.2, 0) is 5.41 Å². The number of benzene rings is 1. The van der Waals surface area contributed by atoms with Crippen LogP contribution in [0, 0.1) is 0 Å². The Bertz CT molecular complexity index is 327. The van der Waals surface area contributed by atoms with Crippen molar-refractivity contribution in [1.29, 1.82) is 0 Å². The molecule has 2 nitrogen and oxygen atoms in total. The van der Waals surface area contributed by atoms with E-state index in [4.69, 9.17) is 9.84 Å². The van der Waals surface area contributed by atoms with Gasteiger partial charge < -0.3 is 9.84 Å². The third-order valence-electron chi connectivity index (χ3n) is 3.59. The van der Waals surface area contributed by atoms with Gasteiger partial charge in [-0.3, -0.25) is 0 Å². The summed E-state index contributed by atoms with van der Waals surface area (Å²) >= 11 is 0. The highest BCUT2D eigenvalue weighted by atomic mass is 16.5. The third-order valence-corrected chi connectivity index (χ3v) is 3.59. The van der Waals surface area contributed by atoms with Gasteiger partial charge in [0.15, 0.2) is 0 Å². The zero-order chi connectivity index (χ0) is 13.4. The van der Waals surface area contributed by atoms with Gasteiger partial charge in [0.2, 0.25) is 0 Å². The summed E-state index contributed by atoms with van der Waals surface area (Å²) in [5, 5.41) is 8.67. The highest BCUT2D eigenvalue weighted by molar-refractivity contribution is 5.31. The fourth-order valence-electron chi connectivity index (χ4n) is 1.79. The molecule has 0 amide bonds. The SMILES string of the molecule is CCC(C)(C)c1ccc(OCCCCCO)cc1. The minimum atomic E-state index is 0.236. The van der Waals surface area contributed by atoms with Crippen molar-refractivity contribution in [2.75, 3.05) is 13.2 Å². The molecular weight excluding hydrogens is 224 g/mol. The zero-order valence-corrected chi connectivity index (χ0v) is 11.9. The monoisotopic (exact) mass is 250 g/mol. The molecule has 0 unspecified atom stereocenters. The van der Waals surface area contributed by atoms with Crippen LogP contribution in [0.5, 0.6) is 5.75 Å². The second kappa shape index (κ2) is 7.42. The van der Waals surface area contributed by atoms with Crippen molar-refractivity contribution in [2.24, 2.45) is 0 Å². The molecule has 18 heavy (non-hydrogen) atoms. The number of hydrogen-bond donors (Lipinski definition) is 1. The van der Waals surface area contributed by atoms with E-state index >= 15 is 0 Å². The van der Waals surface area contributed by atoms with Crippen molar-refractivity contribution in [2.45, 2.75) is 51.9 Å². The summed E-state index contributed by atoms with van der Waals surface area (Å²) in [4.78, 5) is 0. The predicted octanol–water partition coefficient (Wildman–Crippen LogP) is 3.92. The Morgan fingerprint density at radius 3 is 2.28 bits per heavy atom. The normalized spacial score (nSPS) is 11.6. The van der Waals surface area contributed by atoms with E-state index in [9.17, 15) is 0 Å². The van der Waals surface area contributed by atoms with Crippen LogP contribution >= 0.6 is 0 Å². The topological polar surface area (TPSA) is 29.5 Å². The zero-order valence-electron chi connectivity index (χ0n) is 11.9. The van der Waals surface area contributed by atoms with Gasteiger partial charge in [0.25, 0.3) is 0 Å². The lowest BCUT2D eigenvalue weighted by Crippen LogP contribution is -2.15. The van der Waals surface area contributed by atoms with Crippen LogP contribution in [0.25, 0.3) is 0 Å². The van der Waals surface area contributed by atoms with Gasteiger partial charge in [-0.05, 0) is 48.8 Å². The summed E-state index contributed by atoms with van der Waals surface area (Å²) in [7, 11) is 0. The Morgan fingerprint density at radius 2 is 1.72 bits per heavy atom. The Balaban J connectivity index is 2.41. The molecule has 0 aromatic heterocycles. The number of aliphatic hydroxyl groups is 1. The van der Waals surface area contributed by atoms with Crippen LogP contribution in [-0.4, -0.2) is 18.3 Å². The fourth-order valence-corrected chi connectivity index (χ4v) is 1.79. The van der Waals surface area contributed by atoms with E-state index in [1.54, 1.807) is 0 Å². The molecule has 0 heterocycles. The maximum Gasteiger partial charge on any atom is 0.119 e. The molecule has 0 saturated heterocycles. The van der Waals surface area contributed by atoms with Crippen molar-refractivity contribution in [3.63, 3.8) is 0 Å². The second-order valence-corrected chi connectivity index (χ2v) is 5.39. The summed E-state index contributed by atoms with van der Waals surface area (Å²) in [6, 6.07) is 8.43. The summed E-state index contributed by atoms with van der Waals surface area (Å²) in [5.74, 6) is 0.939. The van der Waals surface area contributed by atoms with E-state index < -0.39 is 0 Å². The van der Waals surface area contributed by atoms with Crippen molar-refractivity contribution in [1.82, 2.24) is 0 Å². The lowest BCUT2D eigenvalue weighted by Gasteiger charge is -2.23. The Hall–Kier alpha value is -1.02. The van der Waals surface area contributed by atoms with Gasteiger partial charge >= 0.3 is 0 Å². The minimum absolute atomic E-state index is 0.236. The van der Waals surface area contributed by atoms with E-state index in [-0.39, 0.29) is 12.0 Å². The summed E-state index contributed by atoms with van der Waals surface area (Å²) < 4.78 is 5.67. The number of unbranched alkanes of at least 4 members (excludes halogenated alkanes) is 2. The van der Waals surface area contributed by atoms with Crippen LogP contribution in [0.15, 0.2) is 24.3 Å². The average molecular weight is 250 g/mol. The summed E-state index contributed by atoms with van der Waals surface area (Å²) in [6.07, 6.45) is 4.03.